The molecule has 0 N–H and O–H groups in total. The molecule has 0 saturated carbocycles. The molecule has 3 aromatic heterocycles. The van der Waals surface area contributed by atoms with Gasteiger partial charge in [-0.2, -0.15) is 0 Å². The van der Waals surface area contributed by atoms with Crippen LogP contribution >= 0.6 is 0 Å². The monoisotopic (exact) mass is 901 g/mol. The first-order valence-electron chi connectivity index (χ1n) is 19.1. The smallest absolute Gasteiger partial charge is 0.120 e. The predicted molar refractivity (Wildman–Crippen MR) is 226 cm³/mol. The number of benzene rings is 5. The molecule has 0 spiro atoms. The molecule has 5 heteroatoms. The van der Waals surface area contributed by atoms with E-state index in [1.807, 2.05) is 107 Å². The number of furan rings is 1. The number of fused-ring (bicyclic) bond motifs is 3. The maximum Gasteiger partial charge on any atom is 0.120 e. The van der Waals surface area contributed by atoms with Gasteiger partial charge in [0.2, 0.25) is 0 Å². The summed E-state index contributed by atoms with van der Waals surface area (Å²) in [6, 6.07) is 49.7. The Morgan fingerprint density at radius 2 is 1.30 bits per heavy atom. The summed E-state index contributed by atoms with van der Waals surface area (Å²) in [6.07, 6.45) is 3.75. The molecule has 0 aliphatic rings. The second-order valence-electron chi connectivity index (χ2n) is 14.9. The van der Waals surface area contributed by atoms with E-state index in [1.165, 1.54) is 16.3 Å². The maximum absolute atomic E-state index is 8.61. The first-order valence-corrected chi connectivity index (χ1v) is 21.6. The Balaban J connectivity index is 0.000000188. The number of rotatable bonds is 7. The van der Waals surface area contributed by atoms with Crippen LogP contribution in [0.2, 0.25) is 19.6 Å². The van der Waals surface area contributed by atoms with Crippen molar-refractivity contribution >= 4 is 35.2 Å². The van der Waals surface area contributed by atoms with Crippen LogP contribution in [0.1, 0.15) is 53.4 Å². The molecule has 0 atom stereocenters. The molecule has 8 rings (SSSR count). The SMILES string of the molecule is [2H]C(C)(C)c1cc(-c2[c-]ccc(-c3ccccc3)c2)ncc1[Si](C)(C)C.[2H]C(C)(C)c1ccnc(-c2[c-]ccc3c2oc2ccc(-c4ccccc4)cc23)c1.[Ir]. The molecule has 1 radical (unpaired) electrons. The minimum absolute atomic E-state index is 0. The second-order valence-corrected chi connectivity index (χ2v) is 20.0. The van der Waals surface area contributed by atoms with Crippen LogP contribution in [0, 0.1) is 12.1 Å². The van der Waals surface area contributed by atoms with Crippen LogP contribution in [0.3, 0.4) is 0 Å². The minimum Gasteiger partial charge on any atom is -0.501 e. The van der Waals surface area contributed by atoms with Gasteiger partial charge in [-0.3, -0.25) is 0 Å². The molecule has 8 aromatic rings. The summed E-state index contributed by atoms with van der Waals surface area (Å²) in [7, 11) is -1.57. The van der Waals surface area contributed by atoms with Crippen molar-refractivity contribution in [3.05, 3.63) is 163 Å². The Morgan fingerprint density at radius 3 is 1.94 bits per heavy atom. The zero-order valence-electron chi connectivity index (χ0n) is 33.9. The first kappa shape index (κ1) is 36.1. The third-order valence-electron chi connectivity index (χ3n) is 9.57. The molecule has 0 saturated heterocycles. The van der Waals surface area contributed by atoms with Crippen molar-refractivity contribution in [2.24, 2.45) is 0 Å². The fourth-order valence-corrected chi connectivity index (χ4v) is 8.24. The standard InChI is InChI=1S/C26H20NO.C23H26NSi.Ir/c1-17(2)19-13-14-27-24(16-19)22-10-6-9-21-23-15-20(18-7-4-3-5-8-18)11-12-25(23)28-26(21)22;1-17(2)21-15-22(24-16-23(21)25(3,4)5)20-13-9-12-19(14-20)18-10-7-6-8-11-18;/h3-9,11-17H,1-2H3;6-12,14-17H,1-5H3;/q2*-1;/i2*17D;. The van der Waals surface area contributed by atoms with E-state index in [9.17, 15) is 0 Å². The van der Waals surface area contributed by atoms with E-state index >= 15 is 0 Å². The van der Waals surface area contributed by atoms with Gasteiger partial charge < -0.3 is 14.4 Å². The average Bonchev–Trinajstić information content (AvgIpc) is 3.56. The van der Waals surface area contributed by atoms with Crippen LogP contribution in [0.15, 0.2) is 144 Å². The third-order valence-corrected chi connectivity index (χ3v) is 11.6. The molecule has 0 aliphatic carbocycles. The van der Waals surface area contributed by atoms with E-state index < -0.39 is 19.9 Å². The molecule has 3 heterocycles. The van der Waals surface area contributed by atoms with E-state index in [1.54, 1.807) is 6.20 Å². The van der Waals surface area contributed by atoms with Crippen LogP contribution < -0.4 is 5.19 Å². The largest absolute Gasteiger partial charge is 0.501 e. The molecule has 3 nitrogen and oxygen atoms in total. The zero-order chi connectivity index (χ0) is 39.0. The quantitative estimate of drug-likeness (QED) is 0.118. The molecule has 0 amide bonds. The Morgan fingerprint density at radius 1 is 0.630 bits per heavy atom. The predicted octanol–water partition coefficient (Wildman–Crippen LogP) is 13.1. The van der Waals surface area contributed by atoms with Gasteiger partial charge in [0.15, 0.2) is 0 Å². The Kier molecular flexibility index (Phi) is 11.1. The second kappa shape index (κ2) is 16.6. The van der Waals surface area contributed by atoms with Crippen LogP contribution in [-0.2, 0) is 20.1 Å². The fraction of sp³-hybridized carbons (Fsp3) is 0.184. The van der Waals surface area contributed by atoms with Crippen LogP contribution in [-0.4, -0.2) is 18.0 Å². The molecule has 0 unspecified atom stereocenters. The van der Waals surface area contributed by atoms with Crippen molar-refractivity contribution in [3.63, 3.8) is 0 Å². The summed E-state index contributed by atoms with van der Waals surface area (Å²) in [4.78, 5) is 9.28. The van der Waals surface area contributed by atoms with Gasteiger partial charge in [-0.15, -0.1) is 53.6 Å². The van der Waals surface area contributed by atoms with Crippen molar-refractivity contribution in [1.82, 2.24) is 9.97 Å². The molecule has 0 bridgehead atoms. The van der Waals surface area contributed by atoms with E-state index in [0.717, 1.165) is 66.7 Å². The average molecular weight is 901 g/mol. The summed E-state index contributed by atoms with van der Waals surface area (Å²) < 4.78 is 23.2. The molecule has 54 heavy (non-hydrogen) atoms. The fourth-order valence-electron chi connectivity index (χ4n) is 6.66. The topological polar surface area (TPSA) is 38.9 Å². The van der Waals surface area contributed by atoms with E-state index in [0.29, 0.717) is 0 Å². The Bertz CT molecular complexity index is 2600. The van der Waals surface area contributed by atoms with Crippen molar-refractivity contribution in [3.8, 4) is 44.8 Å². The molecule has 273 valence electrons. The van der Waals surface area contributed by atoms with Crippen molar-refractivity contribution in [1.29, 1.82) is 0 Å². The Labute approximate surface area is 337 Å². The maximum atomic E-state index is 8.61. The van der Waals surface area contributed by atoms with Gasteiger partial charge in [0.05, 0.1) is 13.7 Å². The molecule has 5 aromatic carbocycles. The summed E-state index contributed by atoms with van der Waals surface area (Å²) in [5, 5.41) is 3.39. The zero-order valence-corrected chi connectivity index (χ0v) is 35.3. The summed E-state index contributed by atoms with van der Waals surface area (Å²) in [6.45, 7) is 14.6. The normalized spacial score (nSPS) is 12.4. The molecular weight excluding hydrogens is 853 g/mol. The van der Waals surface area contributed by atoms with Gasteiger partial charge in [-0.25, -0.2) is 0 Å². The molecular formula is C49H46IrN2OSi-2. The number of hydrogen-bond donors (Lipinski definition) is 0. The van der Waals surface area contributed by atoms with Crippen molar-refractivity contribution < 1.29 is 27.3 Å². The number of pyridine rings is 2. The summed E-state index contributed by atoms with van der Waals surface area (Å²) >= 11 is 0. The van der Waals surface area contributed by atoms with Crippen LogP contribution in [0.5, 0.6) is 0 Å². The number of hydrogen-bond acceptors (Lipinski definition) is 3. The van der Waals surface area contributed by atoms with Gasteiger partial charge >= 0.3 is 0 Å². The van der Waals surface area contributed by atoms with E-state index in [2.05, 4.69) is 91.4 Å². The van der Waals surface area contributed by atoms with Crippen molar-refractivity contribution in [2.75, 3.05) is 0 Å². The van der Waals surface area contributed by atoms with Gasteiger partial charge in [0.1, 0.15) is 5.58 Å². The van der Waals surface area contributed by atoms with Gasteiger partial charge in [-0.1, -0.05) is 148 Å². The van der Waals surface area contributed by atoms with Gasteiger partial charge in [0.25, 0.3) is 0 Å². The number of aromatic nitrogens is 2. The van der Waals surface area contributed by atoms with Crippen molar-refractivity contribution in [2.45, 2.75) is 59.1 Å². The first-order chi connectivity index (χ1) is 26.2. The molecule has 0 fully saturated rings. The third kappa shape index (κ3) is 8.40. The minimum atomic E-state index is -1.57. The van der Waals surface area contributed by atoms with E-state index in [4.69, 9.17) is 12.1 Å². The molecule has 0 aliphatic heterocycles. The van der Waals surface area contributed by atoms with Gasteiger partial charge in [-0.05, 0) is 63.3 Å². The Hall–Kier alpha value is -4.93. The number of nitrogens with zero attached hydrogens (tertiary/aromatic N) is 2. The summed E-state index contributed by atoms with van der Waals surface area (Å²) in [5.74, 6) is -1.34. The van der Waals surface area contributed by atoms with Crippen LogP contribution in [0.25, 0.3) is 66.7 Å². The van der Waals surface area contributed by atoms with Gasteiger partial charge in [0, 0.05) is 40.6 Å². The van der Waals surface area contributed by atoms with Crippen LogP contribution in [0.4, 0.5) is 0 Å². The van der Waals surface area contributed by atoms with E-state index in [-0.39, 0.29) is 20.1 Å². The summed E-state index contributed by atoms with van der Waals surface area (Å²) in [5.41, 5.74) is 11.8.